The first-order valence-electron chi connectivity index (χ1n) is 13.2. The minimum absolute atomic E-state index is 0.0936. The topological polar surface area (TPSA) is 89.2 Å². The van der Waals surface area contributed by atoms with Crippen LogP contribution in [0.5, 0.6) is 0 Å². The second-order valence-electron chi connectivity index (χ2n) is 10.1. The van der Waals surface area contributed by atoms with Crippen LogP contribution in [0.3, 0.4) is 0 Å². The Bertz CT molecular complexity index is 1450. The van der Waals surface area contributed by atoms with E-state index in [0.29, 0.717) is 16.7 Å². The van der Waals surface area contributed by atoms with Crippen molar-refractivity contribution in [3.63, 3.8) is 0 Å². The van der Waals surface area contributed by atoms with Crippen molar-refractivity contribution in [2.24, 2.45) is 0 Å². The van der Waals surface area contributed by atoms with E-state index in [1.807, 2.05) is 72.6 Å². The van der Waals surface area contributed by atoms with Crippen LogP contribution >= 0.6 is 11.6 Å². The number of likely N-dealkylation sites (N-methyl/N-ethyl adjacent to an activating group) is 1. The summed E-state index contributed by atoms with van der Waals surface area (Å²) in [6, 6.07) is 16.6. The number of hydrogen-bond acceptors (Lipinski definition) is 6. The zero-order valence-electron chi connectivity index (χ0n) is 22.3. The molecule has 9 heteroatoms. The Hall–Kier alpha value is -3.72. The summed E-state index contributed by atoms with van der Waals surface area (Å²) in [5.74, 6) is 0.577. The second kappa shape index (κ2) is 12.4. The standard InChI is InChI=1S/C30H34ClN7O/c1-37(2)15-6-10-28(39)38-16-5-7-23(20-38)32-17-21-11-13-22(14-12-21)35-30-34-19-26(31)29(36-30)25-18-33-27-9-4-3-8-24(25)27/h3-4,6,8-14,18-19,23,32-33H,5,7,15-17,20H2,1-2H3,(H,34,35,36)/b10-6+/t23-/m1/s1. The molecule has 8 nitrogen and oxygen atoms in total. The van der Waals surface area contributed by atoms with Crippen LogP contribution in [0.15, 0.2) is 73.1 Å². The molecular weight excluding hydrogens is 510 g/mol. The Morgan fingerprint density at radius 3 is 2.85 bits per heavy atom. The van der Waals surface area contributed by atoms with Crippen LogP contribution in [0.1, 0.15) is 18.4 Å². The number of carbonyl (C=O) groups excluding carboxylic acids is 1. The molecule has 0 spiro atoms. The predicted molar refractivity (Wildman–Crippen MR) is 158 cm³/mol. The van der Waals surface area contributed by atoms with E-state index >= 15 is 0 Å². The molecule has 0 radical (unpaired) electrons. The molecular formula is C30H34ClN7O. The molecule has 4 aromatic rings. The van der Waals surface area contributed by atoms with Crippen LogP contribution in [0, 0.1) is 0 Å². The number of benzene rings is 2. The third-order valence-electron chi connectivity index (χ3n) is 6.86. The van der Waals surface area contributed by atoms with Crippen molar-refractivity contribution < 1.29 is 4.79 Å². The number of amides is 1. The fourth-order valence-electron chi connectivity index (χ4n) is 4.79. The number of likely N-dealkylation sites (tertiary alicyclic amines) is 1. The summed E-state index contributed by atoms with van der Waals surface area (Å²) in [7, 11) is 3.98. The zero-order valence-corrected chi connectivity index (χ0v) is 23.1. The van der Waals surface area contributed by atoms with Crippen LogP contribution in [0.2, 0.25) is 5.02 Å². The number of nitrogens with zero attached hydrogens (tertiary/aromatic N) is 4. The summed E-state index contributed by atoms with van der Waals surface area (Å²) in [5, 5.41) is 8.47. The molecule has 5 rings (SSSR count). The lowest BCUT2D eigenvalue weighted by atomic mass is 10.0. The first-order valence-corrected chi connectivity index (χ1v) is 13.6. The number of rotatable bonds is 9. The number of fused-ring (bicyclic) bond motifs is 1. The second-order valence-corrected chi connectivity index (χ2v) is 10.5. The maximum absolute atomic E-state index is 12.5. The number of carbonyl (C=O) groups is 1. The Labute approximate surface area is 234 Å². The summed E-state index contributed by atoms with van der Waals surface area (Å²) in [4.78, 5) is 28.9. The van der Waals surface area contributed by atoms with E-state index in [1.165, 1.54) is 5.56 Å². The number of nitrogens with one attached hydrogen (secondary N) is 3. The van der Waals surface area contributed by atoms with Gasteiger partial charge in [0, 0.05) is 66.6 Å². The zero-order chi connectivity index (χ0) is 27.2. The molecule has 1 atom stereocenters. The summed E-state index contributed by atoms with van der Waals surface area (Å²) in [6.45, 7) is 3.06. The third kappa shape index (κ3) is 6.84. The normalized spacial score (nSPS) is 15.9. The summed E-state index contributed by atoms with van der Waals surface area (Å²) in [6.07, 6.45) is 9.25. The summed E-state index contributed by atoms with van der Waals surface area (Å²) >= 11 is 6.47. The largest absolute Gasteiger partial charge is 0.360 e. The fraction of sp³-hybridized carbons (Fsp3) is 0.300. The van der Waals surface area contributed by atoms with Crippen LogP contribution in [0.4, 0.5) is 11.6 Å². The Balaban J connectivity index is 1.17. The van der Waals surface area contributed by atoms with Crippen molar-refractivity contribution >= 4 is 40.0 Å². The van der Waals surface area contributed by atoms with Gasteiger partial charge in [-0.3, -0.25) is 4.79 Å². The van der Waals surface area contributed by atoms with E-state index in [-0.39, 0.29) is 11.9 Å². The van der Waals surface area contributed by atoms with E-state index in [0.717, 1.165) is 61.2 Å². The van der Waals surface area contributed by atoms with Gasteiger partial charge in [-0.1, -0.05) is 48.0 Å². The highest BCUT2D eigenvalue weighted by molar-refractivity contribution is 6.33. The molecule has 0 aliphatic carbocycles. The molecule has 1 amide bonds. The molecule has 3 N–H and O–H groups in total. The fourth-order valence-corrected chi connectivity index (χ4v) is 4.99. The van der Waals surface area contributed by atoms with E-state index in [1.54, 1.807) is 12.3 Å². The SMILES string of the molecule is CN(C)C/C=C/C(=O)N1CCC[C@@H](NCc2ccc(Nc3ncc(Cl)c(-c4c[nH]c5ccccc45)n3)cc2)C1. The summed E-state index contributed by atoms with van der Waals surface area (Å²) < 4.78 is 0. The summed E-state index contributed by atoms with van der Waals surface area (Å²) in [5.41, 5.74) is 4.72. The van der Waals surface area contributed by atoms with Crippen molar-refractivity contribution in [3.05, 3.63) is 83.7 Å². The van der Waals surface area contributed by atoms with Crippen molar-refractivity contribution in [2.75, 3.05) is 39.0 Å². The molecule has 0 unspecified atom stereocenters. The third-order valence-corrected chi connectivity index (χ3v) is 7.13. The number of anilines is 2. The lowest BCUT2D eigenvalue weighted by Crippen LogP contribution is -2.47. The van der Waals surface area contributed by atoms with E-state index < -0.39 is 0 Å². The first kappa shape index (κ1) is 26.9. The minimum Gasteiger partial charge on any atom is -0.360 e. The van der Waals surface area contributed by atoms with Gasteiger partial charge in [0.25, 0.3) is 0 Å². The molecule has 1 aliphatic heterocycles. The number of piperidine rings is 1. The molecule has 39 heavy (non-hydrogen) atoms. The van der Waals surface area contributed by atoms with Crippen molar-refractivity contribution in [3.8, 4) is 11.3 Å². The maximum Gasteiger partial charge on any atom is 0.246 e. The number of halogens is 1. The van der Waals surface area contributed by atoms with Gasteiger partial charge in [-0.25, -0.2) is 9.97 Å². The molecule has 202 valence electrons. The van der Waals surface area contributed by atoms with Gasteiger partial charge < -0.3 is 25.4 Å². The highest BCUT2D eigenvalue weighted by Gasteiger charge is 2.22. The van der Waals surface area contributed by atoms with Gasteiger partial charge in [0.15, 0.2) is 0 Å². The van der Waals surface area contributed by atoms with Gasteiger partial charge in [-0.05, 0) is 50.7 Å². The van der Waals surface area contributed by atoms with Gasteiger partial charge in [0.05, 0.1) is 16.9 Å². The van der Waals surface area contributed by atoms with Crippen LogP contribution in [-0.2, 0) is 11.3 Å². The maximum atomic E-state index is 12.5. The molecule has 1 fully saturated rings. The van der Waals surface area contributed by atoms with E-state index in [9.17, 15) is 4.79 Å². The molecule has 1 saturated heterocycles. The van der Waals surface area contributed by atoms with E-state index in [2.05, 4.69) is 32.7 Å². The Kier molecular flexibility index (Phi) is 8.56. The van der Waals surface area contributed by atoms with Crippen molar-refractivity contribution in [1.82, 2.24) is 30.1 Å². The number of para-hydroxylation sites is 1. The predicted octanol–water partition coefficient (Wildman–Crippen LogP) is 5.22. The van der Waals surface area contributed by atoms with Gasteiger partial charge in [-0.15, -0.1) is 0 Å². The first-order chi connectivity index (χ1) is 19.0. The lowest BCUT2D eigenvalue weighted by molar-refractivity contribution is -0.127. The molecule has 0 bridgehead atoms. The van der Waals surface area contributed by atoms with Crippen LogP contribution < -0.4 is 10.6 Å². The Morgan fingerprint density at radius 1 is 1.21 bits per heavy atom. The van der Waals surface area contributed by atoms with Crippen molar-refractivity contribution in [1.29, 1.82) is 0 Å². The average molecular weight is 544 g/mol. The number of aromatic amines is 1. The Morgan fingerprint density at radius 2 is 2.03 bits per heavy atom. The number of aromatic nitrogens is 3. The van der Waals surface area contributed by atoms with E-state index in [4.69, 9.17) is 16.6 Å². The molecule has 3 heterocycles. The van der Waals surface area contributed by atoms with Gasteiger partial charge in [0.2, 0.25) is 11.9 Å². The monoisotopic (exact) mass is 543 g/mol. The van der Waals surface area contributed by atoms with Crippen molar-refractivity contribution in [2.45, 2.75) is 25.4 Å². The van der Waals surface area contributed by atoms with Crippen LogP contribution in [0.25, 0.3) is 22.2 Å². The average Bonchev–Trinajstić information content (AvgIpc) is 3.38. The smallest absolute Gasteiger partial charge is 0.246 e. The highest BCUT2D eigenvalue weighted by Crippen LogP contribution is 2.32. The molecule has 1 aliphatic rings. The van der Waals surface area contributed by atoms with Crippen LogP contribution in [-0.4, -0.2) is 70.4 Å². The molecule has 2 aromatic heterocycles. The number of hydrogen-bond donors (Lipinski definition) is 3. The molecule has 2 aromatic carbocycles. The number of H-pyrrole nitrogens is 1. The molecule has 0 saturated carbocycles. The van der Waals surface area contributed by atoms with Gasteiger partial charge >= 0.3 is 0 Å². The minimum atomic E-state index is 0.0936. The highest BCUT2D eigenvalue weighted by atomic mass is 35.5. The van der Waals surface area contributed by atoms with Gasteiger partial charge in [0.1, 0.15) is 0 Å². The quantitative estimate of drug-likeness (QED) is 0.251. The lowest BCUT2D eigenvalue weighted by Gasteiger charge is -2.32. The van der Waals surface area contributed by atoms with Gasteiger partial charge in [-0.2, -0.15) is 0 Å².